The average Bonchev–Trinajstić information content (AvgIpc) is 3.30. The number of carbonyl (C=O) groups is 1. The van der Waals surface area contributed by atoms with Gasteiger partial charge in [0.15, 0.2) is 0 Å². The van der Waals surface area contributed by atoms with Crippen LogP contribution in [0.25, 0.3) is 11.4 Å². The van der Waals surface area contributed by atoms with Crippen LogP contribution in [-0.2, 0) is 17.1 Å². The van der Waals surface area contributed by atoms with E-state index in [1.165, 1.54) is 11.1 Å². The summed E-state index contributed by atoms with van der Waals surface area (Å²) in [4.78, 5) is 19.4. The van der Waals surface area contributed by atoms with E-state index in [-0.39, 0.29) is 11.8 Å². The van der Waals surface area contributed by atoms with Crippen molar-refractivity contribution in [3.05, 3.63) is 70.6 Å². The van der Waals surface area contributed by atoms with E-state index in [0.717, 1.165) is 49.4 Å². The fraction of sp³-hybridized carbons (Fsp3) is 0.423. The minimum Gasteiger partial charge on any atom is -0.356 e. The van der Waals surface area contributed by atoms with Crippen molar-refractivity contribution in [2.24, 2.45) is 5.92 Å². The summed E-state index contributed by atoms with van der Waals surface area (Å²) >= 11 is 8.15. The van der Waals surface area contributed by atoms with Crippen molar-refractivity contribution >= 4 is 29.3 Å². The van der Waals surface area contributed by atoms with Gasteiger partial charge in [-0.25, -0.2) is 0 Å². The summed E-state index contributed by atoms with van der Waals surface area (Å²) in [6, 6.07) is 16.1. The normalized spacial score (nSPS) is 16.5. The lowest BCUT2D eigenvalue weighted by molar-refractivity contribution is -0.126. The summed E-state index contributed by atoms with van der Waals surface area (Å²) in [7, 11) is 0. The molecule has 1 aromatic heterocycles. The Kier molecular flexibility index (Phi) is 9.02. The number of amides is 1. The molecule has 8 heteroatoms. The number of thioether (sulfide) groups is 1. The first-order valence-corrected chi connectivity index (χ1v) is 13.3. The first-order valence-electron chi connectivity index (χ1n) is 11.8. The second-order valence-electron chi connectivity index (χ2n) is 8.75. The van der Waals surface area contributed by atoms with E-state index in [1.807, 2.05) is 36.0 Å². The van der Waals surface area contributed by atoms with Gasteiger partial charge < -0.3 is 9.84 Å². The number of aryl methyl sites for hydroxylation is 1. The zero-order valence-corrected chi connectivity index (χ0v) is 21.1. The lowest BCUT2D eigenvalue weighted by Gasteiger charge is -2.30. The maximum atomic E-state index is 12.7. The van der Waals surface area contributed by atoms with Crippen LogP contribution in [-0.4, -0.2) is 46.3 Å². The van der Waals surface area contributed by atoms with Crippen LogP contribution in [0.1, 0.15) is 36.3 Å². The van der Waals surface area contributed by atoms with Crippen molar-refractivity contribution in [3.8, 4) is 11.4 Å². The number of benzene rings is 2. The predicted octanol–water partition coefficient (Wildman–Crippen LogP) is 5.35. The topological polar surface area (TPSA) is 71.3 Å². The van der Waals surface area contributed by atoms with E-state index < -0.39 is 0 Å². The molecule has 1 aliphatic rings. The number of likely N-dealkylation sites (tertiary alicyclic amines) is 1. The van der Waals surface area contributed by atoms with Gasteiger partial charge in [0.2, 0.25) is 17.6 Å². The van der Waals surface area contributed by atoms with Crippen molar-refractivity contribution in [1.29, 1.82) is 0 Å². The minimum atomic E-state index is -0.000318. The summed E-state index contributed by atoms with van der Waals surface area (Å²) in [5.74, 6) is 3.24. The Bertz CT molecular complexity index is 1090. The number of aromatic nitrogens is 2. The highest BCUT2D eigenvalue weighted by Gasteiger charge is 2.26. The molecule has 0 spiro atoms. The zero-order chi connectivity index (χ0) is 23.8. The number of carbonyl (C=O) groups excluding carboxylic acids is 1. The SMILES string of the molecule is Cc1cccc(CSCCCNC(=O)C2CCCN(Cc3nc(-c4ccccc4Cl)no3)C2)c1. The summed E-state index contributed by atoms with van der Waals surface area (Å²) in [5, 5.41) is 7.80. The van der Waals surface area contributed by atoms with Gasteiger partial charge in [0.05, 0.1) is 17.5 Å². The third kappa shape index (κ3) is 7.08. The standard InChI is InChI=1S/C26H31ClN4O2S/c1-19-7-4-8-20(15-19)18-34-14-6-12-28-26(32)21-9-5-13-31(16-21)17-24-29-25(30-33-24)22-10-2-3-11-23(22)27/h2-4,7-8,10-11,15,21H,5-6,9,12-14,16-18H2,1H3,(H,28,32). The maximum Gasteiger partial charge on any atom is 0.241 e. The van der Waals surface area contributed by atoms with Gasteiger partial charge in [-0.05, 0) is 56.2 Å². The van der Waals surface area contributed by atoms with Crippen LogP contribution in [0.4, 0.5) is 0 Å². The van der Waals surface area contributed by atoms with E-state index in [9.17, 15) is 4.79 Å². The first kappa shape index (κ1) is 24.8. The molecule has 4 rings (SSSR count). The molecule has 1 amide bonds. The Morgan fingerprint density at radius 2 is 2.15 bits per heavy atom. The lowest BCUT2D eigenvalue weighted by atomic mass is 9.97. The number of nitrogens with one attached hydrogen (secondary N) is 1. The molecule has 0 radical (unpaired) electrons. The predicted molar refractivity (Wildman–Crippen MR) is 138 cm³/mol. The van der Waals surface area contributed by atoms with Gasteiger partial charge in [-0.15, -0.1) is 0 Å². The maximum absolute atomic E-state index is 12.7. The van der Waals surface area contributed by atoms with Crippen LogP contribution >= 0.6 is 23.4 Å². The van der Waals surface area contributed by atoms with E-state index in [2.05, 4.69) is 51.5 Å². The molecule has 1 N–H and O–H groups in total. The van der Waals surface area contributed by atoms with Gasteiger partial charge in [-0.3, -0.25) is 9.69 Å². The van der Waals surface area contributed by atoms with E-state index in [1.54, 1.807) is 0 Å². The monoisotopic (exact) mass is 498 g/mol. The van der Waals surface area contributed by atoms with Gasteiger partial charge in [-0.2, -0.15) is 16.7 Å². The molecular weight excluding hydrogens is 468 g/mol. The molecule has 0 saturated carbocycles. The Morgan fingerprint density at radius 3 is 3.00 bits per heavy atom. The first-order chi connectivity index (χ1) is 16.6. The second-order valence-corrected chi connectivity index (χ2v) is 10.3. The van der Waals surface area contributed by atoms with Crippen LogP contribution < -0.4 is 5.32 Å². The molecule has 3 aromatic rings. The second kappa shape index (κ2) is 12.4. The van der Waals surface area contributed by atoms with E-state index in [0.29, 0.717) is 29.8 Å². The van der Waals surface area contributed by atoms with Crippen molar-refractivity contribution in [2.45, 2.75) is 38.5 Å². The molecule has 2 aromatic carbocycles. The summed E-state index contributed by atoms with van der Waals surface area (Å²) in [6.07, 6.45) is 2.88. The Morgan fingerprint density at radius 1 is 1.26 bits per heavy atom. The van der Waals surface area contributed by atoms with E-state index in [4.69, 9.17) is 16.1 Å². The molecule has 1 saturated heterocycles. The molecule has 6 nitrogen and oxygen atoms in total. The number of rotatable bonds is 10. The van der Waals surface area contributed by atoms with Crippen LogP contribution in [0.2, 0.25) is 5.02 Å². The van der Waals surface area contributed by atoms with Gasteiger partial charge in [0.1, 0.15) is 0 Å². The van der Waals surface area contributed by atoms with Gasteiger partial charge in [-0.1, -0.05) is 58.7 Å². The fourth-order valence-electron chi connectivity index (χ4n) is 4.20. The van der Waals surface area contributed by atoms with E-state index >= 15 is 0 Å². The summed E-state index contributed by atoms with van der Waals surface area (Å²) in [6.45, 7) is 5.01. The molecule has 34 heavy (non-hydrogen) atoms. The third-order valence-corrected chi connectivity index (χ3v) is 7.38. The summed E-state index contributed by atoms with van der Waals surface area (Å²) in [5.41, 5.74) is 3.41. The van der Waals surface area contributed by atoms with Crippen molar-refractivity contribution in [1.82, 2.24) is 20.4 Å². The van der Waals surface area contributed by atoms with Gasteiger partial charge in [0.25, 0.3) is 0 Å². The zero-order valence-electron chi connectivity index (χ0n) is 19.5. The minimum absolute atomic E-state index is 0.000318. The van der Waals surface area contributed by atoms with Crippen LogP contribution in [0.15, 0.2) is 53.1 Å². The molecule has 2 heterocycles. The third-order valence-electron chi connectivity index (χ3n) is 5.93. The Labute approximate surface area is 210 Å². The highest BCUT2D eigenvalue weighted by atomic mass is 35.5. The number of hydrogen-bond donors (Lipinski definition) is 1. The number of nitrogens with zero attached hydrogens (tertiary/aromatic N) is 3. The van der Waals surface area contributed by atoms with Crippen molar-refractivity contribution in [3.63, 3.8) is 0 Å². The van der Waals surface area contributed by atoms with Gasteiger partial charge in [0, 0.05) is 24.4 Å². The molecule has 1 atom stereocenters. The molecule has 1 fully saturated rings. The molecule has 1 aliphatic heterocycles. The molecule has 1 unspecified atom stereocenters. The fourth-order valence-corrected chi connectivity index (χ4v) is 5.33. The molecule has 0 bridgehead atoms. The smallest absolute Gasteiger partial charge is 0.241 e. The Balaban J connectivity index is 1.17. The van der Waals surface area contributed by atoms with Crippen LogP contribution in [0, 0.1) is 12.8 Å². The Hall–Kier alpha value is -2.35. The highest BCUT2D eigenvalue weighted by molar-refractivity contribution is 7.98. The average molecular weight is 499 g/mol. The number of piperidine rings is 1. The number of halogens is 1. The molecule has 180 valence electrons. The largest absolute Gasteiger partial charge is 0.356 e. The van der Waals surface area contributed by atoms with Crippen molar-refractivity contribution in [2.75, 3.05) is 25.4 Å². The summed E-state index contributed by atoms with van der Waals surface area (Å²) < 4.78 is 5.45. The quantitative estimate of drug-likeness (QED) is 0.380. The molecule has 0 aliphatic carbocycles. The van der Waals surface area contributed by atoms with Gasteiger partial charge >= 0.3 is 0 Å². The van der Waals surface area contributed by atoms with Crippen molar-refractivity contribution < 1.29 is 9.32 Å². The van der Waals surface area contributed by atoms with Crippen LogP contribution in [0.3, 0.4) is 0 Å². The highest BCUT2D eigenvalue weighted by Crippen LogP contribution is 2.25. The lowest BCUT2D eigenvalue weighted by Crippen LogP contribution is -2.43. The van der Waals surface area contributed by atoms with Crippen LogP contribution in [0.5, 0.6) is 0 Å². The number of hydrogen-bond acceptors (Lipinski definition) is 6. The molecular formula is C26H31ClN4O2S.